The van der Waals surface area contributed by atoms with Crippen molar-refractivity contribution in [3.05, 3.63) is 11.6 Å². The van der Waals surface area contributed by atoms with Crippen LogP contribution in [0, 0.1) is 5.92 Å². The molecule has 1 nitrogen and oxygen atoms in total. The van der Waals surface area contributed by atoms with Crippen molar-refractivity contribution in [3.63, 3.8) is 0 Å². The Morgan fingerprint density at radius 1 is 0.875 bits per heavy atom. The number of allylic oxidation sites excluding steroid dienone is 1. The number of halogens is 1. The summed E-state index contributed by atoms with van der Waals surface area (Å²) in [6.07, 6.45) is 15.6. The van der Waals surface area contributed by atoms with Crippen LogP contribution in [0.2, 0.25) is 0 Å². The molecule has 2 aliphatic heterocycles. The average Bonchev–Trinajstić information content (AvgIpc) is 2.60. The van der Waals surface area contributed by atoms with Gasteiger partial charge in [0.15, 0.2) is 0 Å². The molecule has 16 heavy (non-hydrogen) atoms. The quantitative estimate of drug-likeness (QED) is 0.688. The van der Waals surface area contributed by atoms with Gasteiger partial charge in [0.25, 0.3) is 0 Å². The van der Waals surface area contributed by atoms with Gasteiger partial charge < -0.3 is 5.32 Å². The highest BCUT2D eigenvalue weighted by atomic mass is 35.5. The third-order valence-electron chi connectivity index (χ3n) is 4.47. The normalized spacial score (nSPS) is 34.6. The van der Waals surface area contributed by atoms with Gasteiger partial charge >= 0.3 is 0 Å². The van der Waals surface area contributed by atoms with E-state index in [-0.39, 0.29) is 12.4 Å². The Labute approximate surface area is 105 Å². The van der Waals surface area contributed by atoms with Crippen LogP contribution in [0.3, 0.4) is 0 Å². The van der Waals surface area contributed by atoms with Crippen molar-refractivity contribution in [1.82, 2.24) is 5.32 Å². The number of fused-ring (bicyclic) bond motifs is 2. The highest BCUT2D eigenvalue weighted by Gasteiger charge is 2.30. The van der Waals surface area contributed by atoms with Crippen LogP contribution in [0.15, 0.2) is 11.6 Å². The van der Waals surface area contributed by atoms with Crippen LogP contribution in [0.4, 0.5) is 0 Å². The zero-order valence-corrected chi connectivity index (χ0v) is 10.9. The van der Waals surface area contributed by atoms with E-state index >= 15 is 0 Å². The Morgan fingerprint density at radius 3 is 2.12 bits per heavy atom. The van der Waals surface area contributed by atoms with Crippen LogP contribution in [0.5, 0.6) is 0 Å². The summed E-state index contributed by atoms with van der Waals surface area (Å²) in [7, 11) is 0. The van der Waals surface area contributed by atoms with Gasteiger partial charge in [0.2, 0.25) is 0 Å². The first-order chi connectivity index (χ1) is 7.40. The lowest BCUT2D eigenvalue weighted by atomic mass is 9.85. The third-order valence-corrected chi connectivity index (χ3v) is 4.47. The molecule has 92 valence electrons. The molecule has 2 unspecified atom stereocenters. The predicted octanol–water partition coefficient (Wildman–Crippen LogP) is 3.83. The maximum Gasteiger partial charge on any atom is 0.0107 e. The largest absolute Gasteiger partial charge is 0.311 e. The molecule has 3 rings (SSSR count). The highest BCUT2D eigenvalue weighted by Crippen LogP contribution is 2.33. The summed E-state index contributed by atoms with van der Waals surface area (Å²) in [6, 6.07) is 1.66. The molecule has 2 atom stereocenters. The first-order valence-corrected chi connectivity index (χ1v) is 6.86. The molecule has 2 saturated heterocycles. The van der Waals surface area contributed by atoms with Crippen molar-refractivity contribution in [2.45, 2.75) is 69.9 Å². The van der Waals surface area contributed by atoms with Crippen LogP contribution in [-0.2, 0) is 0 Å². The van der Waals surface area contributed by atoms with Gasteiger partial charge in [-0.3, -0.25) is 0 Å². The molecule has 3 aliphatic rings. The second-order valence-electron chi connectivity index (χ2n) is 5.77. The Morgan fingerprint density at radius 2 is 1.50 bits per heavy atom. The number of hydrogen-bond donors (Lipinski definition) is 1. The van der Waals surface area contributed by atoms with Gasteiger partial charge in [0, 0.05) is 12.1 Å². The number of rotatable bonds is 1. The molecule has 0 amide bonds. The first kappa shape index (κ1) is 12.4. The summed E-state index contributed by atoms with van der Waals surface area (Å²) in [5.74, 6) is 0.936. The minimum absolute atomic E-state index is 0. The lowest BCUT2D eigenvalue weighted by Crippen LogP contribution is -2.34. The predicted molar refractivity (Wildman–Crippen MR) is 71.1 cm³/mol. The fraction of sp³-hybridized carbons (Fsp3) is 0.857. The van der Waals surface area contributed by atoms with E-state index in [1.54, 1.807) is 5.57 Å². The van der Waals surface area contributed by atoms with Crippen LogP contribution < -0.4 is 5.32 Å². The number of piperidine rings is 1. The molecule has 1 aliphatic carbocycles. The van der Waals surface area contributed by atoms with Crippen molar-refractivity contribution >= 4 is 12.4 Å². The van der Waals surface area contributed by atoms with Gasteiger partial charge in [0.1, 0.15) is 0 Å². The average molecular weight is 242 g/mol. The van der Waals surface area contributed by atoms with Crippen molar-refractivity contribution < 1.29 is 0 Å². The van der Waals surface area contributed by atoms with Crippen LogP contribution >= 0.6 is 12.4 Å². The van der Waals surface area contributed by atoms with Gasteiger partial charge in [-0.15, -0.1) is 12.4 Å². The smallest absolute Gasteiger partial charge is 0.0107 e. The number of hydrogen-bond acceptors (Lipinski definition) is 1. The molecule has 0 aromatic rings. The third kappa shape index (κ3) is 2.81. The first-order valence-electron chi connectivity index (χ1n) is 6.86. The summed E-state index contributed by atoms with van der Waals surface area (Å²) < 4.78 is 0. The maximum atomic E-state index is 3.72. The van der Waals surface area contributed by atoms with Crippen molar-refractivity contribution in [3.8, 4) is 0 Å². The fourth-order valence-corrected chi connectivity index (χ4v) is 3.71. The number of nitrogens with one attached hydrogen (secondary N) is 1. The Bertz CT molecular complexity index is 241. The molecule has 0 aromatic carbocycles. The summed E-state index contributed by atoms with van der Waals surface area (Å²) in [6.45, 7) is 0. The molecule has 0 radical (unpaired) electrons. The molecule has 1 N–H and O–H groups in total. The molecule has 0 spiro atoms. The summed E-state index contributed by atoms with van der Waals surface area (Å²) in [5.41, 5.74) is 1.79. The molecular formula is C14H24ClN. The van der Waals surface area contributed by atoms with Gasteiger partial charge in [-0.1, -0.05) is 30.9 Å². The SMILES string of the molecule is C(=C1CC2CCC(C1)N2)C1CCCCC1.Cl. The molecular weight excluding hydrogens is 218 g/mol. The molecule has 2 heteroatoms. The Balaban J connectivity index is 0.000000963. The Hall–Kier alpha value is -0.0100. The van der Waals surface area contributed by atoms with Gasteiger partial charge in [-0.2, -0.15) is 0 Å². The highest BCUT2D eigenvalue weighted by molar-refractivity contribution is 5.85. The van der Waals surface area contributed by atoms with Gasteiger partial charge in [0.05, 0.1) is 0 Å². The fourth-order valence-electron chi connectivity index (χ4n) is 3.71. The molecule has 3 fully saturated rings. The van der Waals surface area contributed by atoms with Crippen molar-refractivity contribution in [2.75, 3.05) is 0 Å². The van der Waals surface area contributed by atoms with Gasteiger partial charge in [-0.05, 0) is 44.4 Å². The van der Waals surface area contributed by atoms with E-state index in [2.05, 4.69) is 11.4 Å². The molecule has 2 heterocycles. The lowest BCUT2D eigenvalue weighted by molar-refractivity contribution is 0.409. The van der Waals surface area contributed by atoms with E-state index in [9.17, 15) is 0 Å². The van der Waals surface area contributed by atoms with Crippen LogP contribution in [-0.4, -0.2) is 12.1 Å². The van der Waals surface area contributed by atoms with E-state index in [4.69, 9.17) is 0 Å². The van der Waals surface area contributed by atoms with Gasteiger partial charge in [-0.25, -0.2) is 0 Å². The summed E-state index contributed by atoms with van der Waals surface area (Å²) in [4.78, 5) is 0. The van der Waals surface area contributed by atoms with Crippen LogP contribution in [0.25, 0.3) is 0 Å². The van der Waals surface area contributed by atoms with E-state index in [1.165, 1.54) is 57.8 Å². The van der Waals surface area contributed by atoms with E-state index in [0.717, 1.165) is 18.0 Å². The topological polar surface area (TPSA) is 12.0 Å². The molecule has 1 saturated carbocycles. The van der Waals surface area contributed by atoms with E-state index in [1.807, 2.05) is 0 Å². The second-order valence-corrected chi connectivity index (χ2v) is 5.77. The molecule has 0 aromatic heterocycles. The summed E-state index contributed by atoms with van der Waals surface area (Å²) >= 11 is 0. The van der Waals surface area contributed by atoms with E-state index < -0.39 is 0 Å². The summed E-state index contributed by atoms with van der Waals surface area (Å²) in [5, 5.41) is 3.72. The zero-order chi connectivity index (χ0) is 10.1. The van der Waals surface area contributed by atoms with E-state index in [0.29, 0.717) is 0 Å². The minimum Gasteiger partial charge on any atom is -0.311 e. The standard InChI is InChI=1S/C14H23N.ClH/c1-2-4-11(5-3-1)8-12-9-13-6-7-14(10-12)15-13;/h8,11,13-15H,1-7,9-10H2;1H. The minimum atomic E-state index is 0. The second kappa shape index (κ2) is 5.55. The van der Waals surface area contributed by atoms with Crippen molar-refractivity contribution in [2.24, 2.45) is 5.92 Å². The monoisotopic (exact) mass is 241 g/mol. The lowest BCUT2D eigenvalue weighted by Gasteiger charge is -2.26. The van der Waals surface area contributed by atoms with Crippen molar-refractivity contribution in [1.29, 1.82) is 0 Å². The maximum absolute atomic E-state index is 3.72. The Kier molecular flexibility index (Phi) is 4.32. The molecule has 2 bridgehead atoms. The van der Waals surface area contributed by atoms with Crippen LogP contribution in [0.1, 0.15) is 57.8 Å². The zero-order valence-electron chi connectivity index (χ0n) is 10.1.